The van der Waals surface area contributed by atoms with Crippen molar-refractivity contribution in [1.29, 1.82) is 0 Å². The molecule has 2 rings (SSSR count). The molecule has 0 bridgehead atoms. The smallest absolute Gasteiger partial charge is 0.343 e. The largest absolute Gasteiger partial charge is 0.462 e. The third-order valence-electron chi connectivity index (χ3n) is 6.32. The maximum Gasteiger partial charge on any atom is 0.343 e. The summed E-state index contributed by atoms with van der Waals surface area (Å²) in [5.74, 6) is -4.00. The molecule has 0 spiro atoms. The minimum Gasteiger partial charge on any atom is -0.462 e. The first-order chi connectivity index (χ1) is 19.7. The lowest BCUT2D eigenvalue weighted by Crippen LogP contribution is -2.33. The van der Waals surface area contributed by atoms with Crippen LogP contribution in [0.25, 0.3) is 0 Å². The number of carbonyl (C=O) groups excluding carboxylic acids is 4. The van der Waals surface area contributed by atoms with Crippen molar-refractivity contribution >= 4 is 33.7 Å². The maximum atomic E-state index is 13.1. The molecule has 1 saturated heterocycles. The average Bonchev–Trinajstić information content (AvgIpc) is 3.78. The van der Waals surface area contributed by atoms with Crippen LogP contribution in [0.4, 0.5) is 0 Å². The van der Waals surface area contributed by atoms with Crippen LogP contribution in [0.5, 0.6) is 0 Å². The zero-order valence-electron chi connectivity index (χ0n) is 24.5. The monoisotopic (exact) mass is 601 g/mol. The van der Waals surface area contributed by atoms with Crippen molar-refractivity contribution in [3.05, 3.63) is 78.1 Å². The van der Waals surface area contributed by atoms with Crippen molar-refractivity contribution in [2.45, 2.75) is 70.3 Å². The van der Waals surface area contributed by atoms with Crippen LogP contribution in [-0.2, 0) is 43.2 Å². The highest BCUT2D eigenvalue weighted by Gasteiger charge is 2.26. The van der Waals surface area contributed by atoms with E-state index in [4.69, 9.17) is 14.2 Å². The Hall–Kier alpha value is -3.83. The highest BCUT2D eigenvalue weighted by Crippen LogP contribution is 2.20. The van der Waals surface area contributed by atoms with Crippen LogP contribution < -0.4 is 0 Å². The third-order valence-corrected chi connectivity index (χ3v) is 7.93. The SMILES string of the molecule is C=C(C)C(=O)N(C=C(CCCCOC(=O)C(=C)CCC1CO1)C(=O)OC(=O)C(=C)CC)CS(=O)(=O)c1ccc(C)cc1. The van der Waals surface area contributed by atoms with Gasteiger partial charge in [0, 0.05) is 22.9 Å². The molecular weight excluding hydrogens is 562 g/mol. The molecule has 10 nitrogen and oxygen atoms in total. The summed E-state index contributed by atoms with van der Waals surface area (Å²) in [6.07, 6.45) is 3.28. The third kappa shape index (κ3) is 11.2. The molecule has 42 heavy (non-hydrogen) atoms. The quantitative estimate of drug-likeness (QED) is 0.0831. The second-order valence-corrected chi connectivity index (χ2v) is 12.1. The summed E-state index contributed by atoms with van der Waals surface area (Å²) in [7, 11) is -4.01. The molecule has 0 radical (unpaired) electrons. The molecule has 11 heteroatoms. The summed E-state index contributed by atoms with van der Waals surface area (Å²) in [6, 6.07) is 6.12. The van der Waals surface area contributed by atoms with Gasteiger partial charge in [-0.1, -0.05) is 44.4 Å². The fraction of sp³-hybridized carbons (Fsp3) is 0.419. The van der Waals surface area contributed by atoms with Gasteiger partial charge < -0.3 is 14.2 Å². The molecule has 0 aliphatic carbocycles. The van der Waals surface area contributed by atoms with Gasteiger partial charge in [-0.25, -0.2) is 22.8 Å². The number of esters is 3. The molecular formula is C31H39NO9S. The highest BCUT2D eigenvalue weighted by atomic mass is 32.2. The van der Waals surface area contributed by atoms with E-state index < -0.39 is 39.5 Å². The van der Waals surface area contributed by atoms with Gasteiger partial charge >= 0.3 is 17.9 Å². The van der Waals surface area contributed by atoms with Crippen LogP contribution in [0.3, 0.4) is 0 Å². The second kappa shape index (κ2) is 16.0. The van der Waals surface area contributed by atoms with Crippen molar-refractivity contribution in [3.63, 3.8) is 0 Å². The van der Waals surface area contributed by atoms with E-state index in [2.05, 4.69) is 19.7 Å². The van der Waals surface area contributed by atoms with Gasteiger partial charge in [0.2, 0.25) is 0 Å². The van der Waals surface area contributed by atoms with E-state index in [1.165, 1.54) is 19.1 Å². The summed E-state index contributed by atoms with van der Waals surface area (Å²) in [4.78, 5) is 51.2. The Morgan fingerprint density at radius 3 is 2.21 bits per heavy atom. The van der Waals surface area contributed by atoms with Crippen molar-refractivity contribution in [3.8, 4) is 0 Å². The number of benzene rings is 1. The van der Waals surface area contributed by atoms with E-state index in [1.54, 1.807) is 19.1 Å². The minimum absolute atomic E-state index is 0.00683. The Morgan fingerprint density at radius 1 is 1.00 bits per heavy atom. The van der Waals surface area contributed by atoms with Gasteiger partial charge in [0.05, 0.1) is 29.8 Å². The van der Waals surface area contributed by atoms with Gasteiger partial charge in [0.1, 0.15) is 5.88 Å². The summed E-state index contributed by atoms with van der Waals surface area (Å²) in [5.41, 5.74) is 1.18. The lowest BCUT2D eigenvalue weighted by atomic mass is 10.1. The zero-order chi connectivity index (χ0) is 31.4. The lowest BCUT2D eigenvalue weighted by Gasteiger charge is -2.20. The fourth-order valence-electron chi connectivity index (χ4n) is 3.53. The minimum atomic E-state index is -4.01. The van der Waals surface area contributed by atoms with E-state index in [0.29, 0.717) is 37.9 Å². The topological polar surface area (TPSA) is 137 Å². The normalized spacial score (nSPS) is 14.5. The van der Waals surface area contributed by atoms with Crippen molar-refractivity contribution in [2.75, 3.05) is 19.1 Å². The molecule has 1 unspecified atom stereocenters. The van der Waals surface area contributed by atoms with Gasteiger partial charge in [-0.05, 0) is 64.5 Å². The van der Waals surface area contributed by atoms with E-state index >= 15 is 0 Å². The summed E-state index contributed by atoms with van der Waals surface area (Å²) < 4.78 is 41.6. The summed E-state index contributed by atoms with van der Waals surface area (Å²) in [5, 5.41) is 0. The van der Waals surface area contributed by atoms with Gasteiger partial charge in [0.25, 0.3) is 5.91 Å². The fourth-order valence-corrected chi connectivity index (χ4v) is 4.79. The number of carbonyl (C=O) groups is 4. The molecule has 1 aromatic carbocycles. The molecule has 1 aromatic rings. The van der Waals surface area contributed by atoms with Gasteiger partial charge in [-0.2, -0.15) is 0 Å². The van der Waals surface area contributed by atoms with Gasteiger partial charge in [-0.3, -0.25) is 9.69 Å². The van der Waals surface area contributed by atoms with Crippen LogP contribution in [0.2, 0.25) is 0 Å². The van der Waals surface area contributed by atoms with Crippen LogP contribution >= 0.6 is 0 Å². The highest BCUT2D eigenvalue weighted by molar-refractivity contribution is 7.91. The summed E-state index contributed by atoms with van der Waals surface area (Å²) in [6.45, 7) is 16.5. The molecule has 1 atom stereocenters. The predicted octanol–water partition coefficient (Wildman–Crippen LogP) is 4.50. The van der Waals surface area contributed by atoms with E-state index in [9.17, 15) is 27.6 Å². The Balaban J connectivity index is 2.19. The molecule has 0 N–H and O–H groups in total. The number of sulfone groups is 1. The first-order valence-electron chi connectivity index (χ1n) is 13.6. The Bertz CT molecular complexity index is 1350. The number of aryl methyl sites for hydroxylation is 1. The van der Waals surface area contributed by atoms with Gasteiger partial charge in [0.15, 0.2) is 9.84 Å². The predicted molar refractivity (Wildman–Crippen MR) is 156 cm³/mol. The number of unbranched alkanes of at least 4 members (excludes halogenated alkanes) is 1. The number of amides is 1. The molecule has 1 amide bonds. The lowest BCUT2D eigenvalue weighted by molar-refractivity contribution is -0.154. The van der Waals surface area contributed by atoms with Gasteiger partial charge in [-0.15, -0.1) is 0 Å². The molecule has 1 aliphatic heterocycles. The summed E-state index contributed by atoms with van der Waals surface area (Å²) >= 11 is 0. The molecule has 1 aliphatic rings. The Kier molecular flexibility index (Phi) is 13.1. The second-order valence-electron chi connectivity index (χ2n) is 10.1. The van der Waals surface area contributed by atoms with E-state index in [-0.39, 0.29) is 47.2 Å². The van der Waals surface area contributed by atoms with E-state index in [1.807, 2.05) is 6.92 Å². The van der Waals surface area contributed by atoms with Crippen molar-refractivity contribution in [1.82, 2.24) is 4.90 Å². The zero-order valence-corrected chi connectivity index (χ0v) is 25.3. The number of nitrogens with zero attached hydrogens (tertiary/aromatic N) is 1. The molecule has 228 valence electrons. The van der Waals surface area contributed by atoms with Crippen molar-refractivity contribution in [2.24, 2.45) is 0 Å². The maximum absolute atomic E-state index is 13.1. The van der Waals surface area contributed by atoms with Crippen LogP contribution in [0, 0.1) is 6.92 Å². The molecule has 1 fully saturated rings. The van der Waals surface area contributed by atoms with E-state index in [0.717, 1.165) is 16.7 Å². The molecule has 0 aromatic heterocycles. The first kappa shape index (κ1) is 34.4. The van der Waals surface area contributed by atoms with Crippen molar-refractivity contribution < 1.29 is 41.8 Å². The first-order valence-corrected chi connectivity index (χ1v) is 15.3. The standard InChI is InChI=1S/C31H39NO9S/c1-7-23(5)30(35)41-31(36)25(10-8-9-17-39-29(34)24(6)13-14-26-19-40-26)18-32(28(33)21(2)3)20-42(37,38)27-15-11-22(4)12-16-27/h11-12,15-16,18,26H,2,5-10,13-14,17,19-20H2,1,3-4H3. The number of rotatable bonds is 17. The molecule has 0 saturated carbocycles. The van der Waals surface area contributed by atoms with Crippen LogP contribution in [-0.4, -0.2) is 62.3 Å². The van der Waals surface area contributed by atoms with Crippen LogP contribution in [0.1, 0.15) is 57.9 Å². The Morgan fingerprint density at radius 2 is 1.64 bits per heavy atom. The average molecular weight is 602 g/mol. The number of hydrogen-bond acceptors (Lipinski definition) is 9. The van der Waals surface area contributed by atoms with Crippen LogP contribution in [0.15, 0.2) is 77.4 Å². The number of hydrogen-bond donors (Lipinski definition) is 0. The Labute approximate surface area is 247 Å². The number of epoxide rings is 1. The molecule has 1 heterocycles. The number of ether oxygens (including phenoxy) is 3.